The Morgan fingerprint density at radius 3 is 1.26 bits per heavy atom. The highest BCUT2D eigenvalue weighted by molar-refractivity contribution is 7.86. The van der Waals surface area contributed by atoms with E-state index in [4.69, 9.17) is 52.6 Å². The number of ether oxygens (including phenoxy) is 6. The molecule has 0 aliphatic heterocycles. The van der Waals surface area contributed by atoms with Crippen LogP contribution in [0.2, 0.25) is 5.02 Å². The molecule has 8 aromatic carbocycles. The predicted molar refractivity (Wildman–Crippen MR) is 300 cm³/mol. The predicted octanol–water partition coefficient (Wildman–Crippen LogP) is 11.9. The van der Waals surface area contributed by atoms with Crippen LogP contribution in [0.3, 0.4) is 0 Å². The van der Waals surface area contributed by atoms with Crippen LogP contribution >= 0.6 is 11.6 Å². The number of aromatic hydroxyl groups is 1. The first-order valence-corrected chi connectivity index (χ1v) is 29.3. The molecular weight excluding hydrogens is 1080 g/mol. The van der Waals surface area contributed by atoms with Gasteiger partial charge in [0.25, 0.3) is 0 Å². The van der Waals surface area contributed by atoms with E-state index in [1.807, 2.05) is 85.8 Å². The van der Waals surface area contributed by atoms with E-state index in [1.165, 1.54) is 52.7 Å². The summed E-state index contributed by atoms with van der Waals surface area (Å²) in [6.07, 6.45) is 2.84. The number of phenolic OH excluding ortho intramolecular Hbond substituents is 1. The molecule has 0 spiro atoms. The van der Waals surface area contributed by atoms with Crippen molar-refractivity contribution in [1.82, 2.24) is 0 Å². The first kappa shape index (κ1) is 57.6. The molecule has 0 atom stereocenters. The summed E-state index contributed by atoms with van der Waals surface area (Å²) in [4.78, 5) is 0. The maximum atomic E-state index is 12.4. The van der Waals surface area contributed by atoms with E-state index in [0.717, 1.165) is 46.8 Å². The van der Waals surface area contributed by atoms with Gasteiger partial charge in [-0.3, -0.25) is 0 Å². The number of methoxy groups -OCH3 is 4. The largest absolute Gasteiger partial charge is 0.504 e. The fourth-order valence-corrected chi connectivity index (χ4v) is 9.75. The van der Waals surface area contributed by atoms with Gasteiger partial charge in [-0.2, -0.15) is 25.3 Å². The maximum absolute atomic E-state index is 12.4. The van der Waals surface area contributed by atoms with Gasteiger partial charge in [-0.25, -0.2) is 0 Å². The Balaban J connectivity index is 0.000000227. The van der Waals surface area contributed by atoms with Gasteiger partial charge in [-0.05, 0) is 107 Å². The molecule has 0 saturated heterocycles. The minimum absolute atomic E-state index is 0.0781. The molecule has 0 bridgehead atoms. The molecule has 0 radical (unpaired) electrons. The highest BCUT2D eigenvalue weighted by Crippen LogP contribution is 2.52. The topological polar surface area (TPSA) is 206 Å². The molecule has 0 aliphatic carbocycles. The quantitative estimate of drug-likeness (QED) is 0.0704. The van der Waals surface area contributed by atoms with Gasteiger partial charge in [0.1, 0.15) is 47.7 Å². The molecule has 0 saturated carbocycles. The van der Waals surface area contributed by atoms with Gasteiger partial charge in [-0.1, -0.05) is 109 Å². The van der Waals surface area contributed by atoms with Crippen molar-refractivity contribution >= 4 is 42.0 Å². The molecule has 8 rings (SSSR count). The molecule has 0 heterocycles. The van der Waals surface area contributed by atoms with Gasteiger partial charge in [0.15, 0.2) is 23.0 Å². The van der Waals surface area contributed by atoms with E-state index >= 15 is 0 Å². The normalized spacial score (nSPS) is 11.3. The van der Waals surface area contributed by atoms with Gasteiger partial charge < -0.3 is 46.1 Å². The lowest BCUT2D eigenvalue weighted by Gasteiger charge is -2.21. The molecule has 16 nitrogen and oxygen atoms in total. The minimum Gasteiger partial charge on any atom is -0.504 e. The summed E-state index contributed by atoms with van der Waals surface area (Å²) in [5, 5.41) is 11.6. The van der Waals surface area contributed by atoms with Gasteiger partial charge in [0.2, 0.25) is 0 Å². The molecular formula is C58H55ClO16S3. The van der Waals surface area contributed by atoms with Gasteiger partial charge in [-0.15, -0.1) is 0 Å². The van der Waals surface area contributed by atoms with E-state index < -0.39 is 30.4 Å². The lowest BCUT2D eigenvalue weighted by Crippen LogP contribution is -2.09. The summed E-state index contributed by atoms with van der Waals surface area (Å²) in [6, 6.07) is 46.1. The second-order valence-electron chi connectivity index (χ2n) is 17.3. The number of rotatable bonds is 20. The van der Waals surface area contributed by atoms with Crippen molar-refractivity contribution < 1.29 is 71.3 Å². The van der Waals surface area contributed by atoms with E-state index in [9.17, 15) is 30.4 Å². The van der Waals surface area contributed by atoms with Gasteiger partial charge in [0.05, 0.1) is 63.4 Å². The molecule has 20 heteroatoms. The highest BCUT2D eigenvalue weighted by Gasteiger charge is 2.28. The molecule has 0 amide bonds. The van der Waals surface area contributed by atoms with Crippen molar-refractivity contribution in [2.75, 3.05) is 47.2 Å². The average molecular weight is 1140 g/mol. The minimum atomic E-state index is -4.03. The smallest absolute Gasteiger partial charge is 0.306 e. The molecule has 78 heavy (non-hydrogen) atoms. The Morgan fingerprint density at radius 2 is 0.833 bits per heavy atom. The Kier molecular flexibility index (Phi) is 18.4. The zero-order valence-electron chi connectivity index (χ0n) is 43.6. The number of phenols is 1. The van der Waals surface area contributed by atoms with Crippen LogP contribution in [0.4, 0.5) is 0 Å². The zero-order chi connectivity index (χ0) is 56.4. The van der Waals surface area contributed by atoms with Crippen molar-refractivity contribution in [1.29, 1.82) is 0 Å². The lowest BCUT2D eigenvalue weighted by molar-refractivity contribution is 0.304. The molecule has 1 N–H and O–H groups in total. The number of halogens is 1. The summed E-state index contributed by atoms with van der Waals surface area (Å²) < 4.78 is 120. The number of hydrogen-bond donors (Lipinski definition) is 1. The average Bonchev–Trinajstić information content (AvgIpc) is 3.59. The molecule has 408 valence electrons. The lowest BCUT2D eigenvalue weighted by atomic mass is 9.95. The Hall–Kier alpha value is -8.10. The monoisotopic (exact) mass is 1140 g/mol. The van der Waals surface area contributed by atoms with Crippen LogP contribution in [-0.4, -0.2) is 77.6 Å². The van der Waals surface area contributed by atoms with E-state index in [1.54, 1.807) is 54.6 Å². The second-order valence-corrected chi connectivity index (χ2v) is 22.5. The highest BCUT2D eigenvalue weighted by atomic mass is 35.5. The maximum Gasteiger partial charge on any atom is 0.306 e. The van der Waals surface area contributed by atoms with Crippen LogP contribution in [0.25, 0.3) is 44.5 Å². The van der Waals surface area contributed by atoms with Crippen LogP contribution in [-0.2, 0) is 43.6 Å². The van der Waals surface area contributed by atoms with Crippen LogP contribution in [0, 0.1) is 6.92 Å². The van der Waals surface area contributed by atoms with Crippen LogP contribution < -0.4 is 41.0 Å². The summed E-state index contributed by atoms with van der Waals surface area (Å²) in [5.74, 6) is 2.35. The van der Waals surface area contributed by atoms with Crippen molar-refractivity contribution in [2.24, 2.45) is 0 Å². The second kappa shape index (κ2) is 24.9. The van der Waals surface area contributed by atoms with Crippen molar-refractivity contribution in [3.05, 3.63) is 179 Å². The zero-order valence-corrected chi connectivity index (χ0v) is 46.8. The molecule has 8 aromatic rings. The Bertz CT molecular complexity index is 3750. The van der Waals surface area contributed by atoms with Crippen molar-refractivity contribution in [2.45, 2.75) is 20.1 Å². The van der Waals surface area contributed by atoms with Crippen molar-refractivity contribution in [3.63, 3.8) is 0 Å². The Labute approximate surface area is 459 Å². The third kappa shape index (κ3) is 14.9. The Morgan fingerprint density at radius 1 is 0.423 bits per heavy atom. The molecule has 0 aliphatic rings. The summed E-state index contributed by atoms with van der Waals surface area (Å²) in [7, 11) is -5.58. The van der Waals surface area contributed by atoms with E-state index in [-0.39, 0.29) is 50.8 Å². The molecule has 0 fully saturated rings. The van der Waals surface area contributed by atoms with Gasteiger partial charge >= 0.3 is 30.4 Å². The summed E-state index contributed by atoms with van der Waals surface area (Å²) >= 11 is 6.58. The fourth-order valence-electron chi connectivity index (χ4n) is 8.13. The SMILES string of the molecule is COc1cc(-c2ccc(OS(C)(=O)=O)cc2)c(OC)c(O)c1-c1ccc(OCc2ccccc2)c(C)c1.COc1cc(-c2ccc(OS(C)(=O)=O)cc2)c(OC)c(OS(C)(=O)=O)c1-c1ccc(OCc2ccccc2)c(Cl)c1. The van der Waals surface area contributed by atoms with Crippen LogP contribution in [0.15, 0.2) is 158 Å². The standard InChI is InChI=1S/C29H27ClO9S2.C29H28O7S/c1-35-26-17-23(20-10-13-22(14-11-20)38-40(3,31)32)28(36-2)29(39-41(4,33)34)27(26)21-12-15-25(24(30)16-21)37-18-19-8-6-5-7-9-19;1-19-16-22(12-15-25(19)35-18-20-8-6-5-7-9-20)27-26(33-2)17-24(29(34-3)28(27)30)21-10-13-23(14-11-21)36-37(4,31)32/h5-17H,18H2,1-4H3;5-17,30H,18H2,1-4H3. The van der Waals surface area contributed by atoms with Crippen LogP contribution in [0.5, 0.6) is 57.5 Å². The van der Waals surface area contributed by atoms with Crippen LogP contribution in [0.1, 0.15) is 16.7 Å². The number of hydrogen-bond acceptors (Lipinski definition) is 16. The first-order valence-electron chi connectivity index (χ1n) is 23.5. The summed E-state index contributed by atoms with van der Waals surface area (Å²) in [6.45, 7) is 2.70. The third-order valence-electron chi connectivity index (χ3n) is 11.5. The first-order chi connectivity index (χ1) is 37.1. The molecule has 0 unspecified atom stereocenters. The fraction of sp³-hybridized carbons (Fsp3) is 0.172. The van der Waals surface area contributed by atoms with Gasteiger partial charge in [0, 0.05) is 11.1 Å². The van der Waals surface area contributed by atoms with Crippen molar-refractivity contribution in [3.8, 4) is 102 Å². The third-order valence-corrected chi connectivity index (χ3v) is 13.2. The summed E-state index contributed by atoms with van der Waals surface area (Å²) in [5.41, 5.74) is 7.16. The van der Waals surface area contributed by atoms with E-state index in [0.29, 0.717) is 58.1 Å². The molecule has 0 aromatic heterocycles. The van der Waals surface area contributed by atoms with E-state index in [2.05, 4.69) is 0 Å². The number of benzene rings is 8. The number of aryl methyl sites for hydroxylation is 1.